The Kier molecular flexibility index (Phi) is 7.08. The molecular weight excluding hydrogens is 406 g/mol. The number of sulfonamides is 2. The molecule has 1 atom stereocenters. The highest BCUT2D eigenvalue weighted by Crippen LogP contribution is 2.27. The molecule has 0 aliphatic heterocycles. The first-order valence-corrected chi connectivity index (χ1v) is 12.0. The van der Waals surface area contributed by atoms with Crippen molar-refractivity contribution < 1.29 is 16.8 Å². The van der Waals surface area contributed by atoms with Crippen molar-refractivity contribution in [3.63, 3.8) is 0 Å². The summed E-state index contributed by atoms with van der Waals surface area (Å²) < 4.78 is 52.7. The minimum absolute atomic E-state index is 0.0412. The van der Waals surface area contributed by atoms with Gasteiger partial charge in [0.2, 0.25) is 0 Å². The monoisotopic (exact) mass is 429 g/mol. The SMILES string of the molecule is CCCN(S(=O)(=O)c1ccc(Cl)cc1)S(=O)(=O)c1ccc([C@@H](C)CC)cc1. The van der Waals surface area contributed by atoms with Crippen LogP contribution < -0.4 is 0 Å². The molecule has 2 aromatic rings. The Morgan fingerprint density at radius 1 is 0.852 bits per heavy atom. The molecule has 0 saturated carbocycles. The Labute approximate surface area is 167 Å². The van der Waals surface area contributed by atoms with Crippen LogP contribution in [0.25, 0.3) is 0 Å². The van der Waals surface area contributed by atoms with Gasteiger partial charge in [-0.3, -0.25) is 0 Å². The van der Waals surface area contributed by atoms with Crippen LogP contribution in [0.15, 0.2) is 58.3 Å². The first kappa shape index (κ1) is 21.9. The third-order valence-electron chi connectivity index (χ3n) is 4.41. The van der Waals surface area contributed by atoms with Crippen LogP contribution in [0.4, 0.5) is 0 Å². The van der Waals surface area contributed by atoms with Crippen LogP contribution >= 0.6 is 11.6 Å². The Balaban J connectivity index is 2.49. The molecule has 0 unspecified atom stereocenters. The van der Waals surface area contributed by atoms with Crippen molar-refractivity contribution in [2.24, 2.45) is 0 Å². The van der Waals surface area contributed by atoms with E-state index in [9.17, 15) is 16.8 Å². The summed E-state index contributed by atoms with van der Waals surface area (Å²) in [4.78, 5) is -0.152. The molecule has 2 rings (SSSR count). The van der Waals surface area contributed by atoms with E-state index in [2.05, 4.69) is 13.8 Å². The Morgan fingerprint density at radius 2 is 1.30 bits per heavy atom. The van der Waals surface area contributed by atoms with Crippen LogP contribution in [0, 0.1) is 0 Å². The van der Waals surface area contributed by atoms with E-state index < -0.39 is 20.0 Å². The van der Waals surface area contributed by atoms with Crippen LogP contribution in [0.2, 0.25) is 5.02 Å². The highest BCUT2D eigenvalue weighted by molar-refractivity contribution is 8.04. The van der Waals surface area contributed by atoms with E-state index in [0.717, 1.165) is 12.0 Å². The van der Waals surface area contributed by atoms with Gasteiger partial charge in [0.05, 0.1) is 9.79 Å². The van der Waals surface area contributed by atoms with Gasteiger partial charge in [-0.2, -0.15) is 0 Å². The first-order valence-electron chi connectivity index (χ1n) is 8.78. The number of benzene rings is 2. The lowest BCUT2D eigenvalue weighted by Gasteiger charge is -2.22. The minimum atomic E-state index is -4.23. The Morgan fingerprint density at radius 3 is 1.70 bits per heavy atom. The number of hydrogen-bond acceptors (Lipinski definition) is 4. The fourth-order valence-electron chi connectivity index (χ4n) is 2.60. The predicted octanol–water partition coefficient (Wildman–Crippen LogP) is 4.64. The van der Waals surface area contributed by atoms with Gasteiger partial charge >= 0.3 is 0 Å². The van der Waals surface area contributed by atoms with E-state index in [-0.39, 0.29) is 16.3 Å². The van der Waals surface area contributed by atoms with E-state index in [1.807, 2.05) is 0 Å². The van der Waals surface area contributed by atoms with Gasteiger partial charge < -0.3 is 0 Å². The van der Waals surface area contributed by atoms with Gasteiger partial charge in [0, 0.05) is 11.6 Å². The maximum atomic E-state index is 13.1. The van der Waals surface area contributed by atoms with Crippen LogP contribution in [-0.2, 0) is 20.0 Å². The lowest BCUT2D eigenvalue weighted by atomic mass is 9.99. The average Bonchev–Trinajstić information content (AvgIpc) is 2.65. The summed E-state index contributed by atoms with van der Waals surface area (Å²) in [5.74, 6) is 0.297. The summed E-state index contributed by atoms with van der Waals surface area (Å²) >= 11 is 5.81. The molecule has 27 heavy (non-hydrogen) atoms. The number of nitrogens with zero attached hydrogens (tertiary/aromatic N) is 1. The summed E-state index contributed by atoms with van der Waals surface area (Å²) in [6, 6.07) is 11.9. The maximum Gasteiger partial charge on any atom is 0.256 e. The quantitative estimate of drug-likeness (QED) is 0.612. The molecule has 0 amide bonds. The molecule has 0 N–H and O–H groups in total. The normalized spacial score (nSPS) is 13.7. The topological polar surface area (TPSA) is 71.5 Å². The molecule has 0 aliphatic rings. The summed E-state index contributed by atoms with van der Waals surface area (Å²) in [7, 11) is -8.45. The van der Waals surface area contributed by atoms with Crippen LogP contribution in [0.5, 0.6) is 0 Å². The van der Waals surface area contributed by atoms with Gasteiger partial charge in [-0.1, -0.05) is 48.2 Å². The standard InChI is InChI=1S/C19H24ClNO4S2/c1-4-14-21(27(24,25)19-12-8-17(20)9-13-19)26(22,23)18-10-6-16(7-11-18)15(3)5-2/h6-13,15H,4-5,14H2,1-3H3/t15-/m0/s1. The molecular formula is C19H24ClNO4S2. The second-order valence-electron chi connectivity index (χ2n) is 6.34. The second-order valence-corrected chi connectivity index (χ2v) is 10.7. The molecule has 0 spiro atoms. The molecule has 0 radical (unpaired) electrons. The van der Waals surface area contributed by atoms with Gasteiger partial charge in [0.25, 0.3) is 20.0 Å². The summed E-state index contributed by atoms with van der Waals surface area (Å²) in [6.45, 7) is 5.70. The van der Waals surface area contributed by atoms with E-state index in [1.165, 1.54) is 36.4 Å². The molecule has 0 saturated heterocycles. The number of halogens is 1. The summed E-state index contributed by atoms with van der Waals surface area (Å²) in [5.41, 5.74) is 1.01. The zero-order chi connectivity index (χ0) is 20.2. The van der Waals surface area contributed by atoms with E-state index >= 15 is 0 Å². The van der Waals surface area contributed by atoms with Gasteiger partial charge in [-0.25, -0.2) is 16.8 Å². The van der Waals surface area contributed by atoms with Gasteiger partial charge in [-0.15, -0.1) is 0 Å². The zero-order valence-corrected chi connectivity index (χ0v) is 18.0. The fourth-order valence-corrected chi connectivity index (χ4v) is 6.55. The Hall–Kier alpha value is -1.41. The van der Waals surface area contributed by atoms with Crippen molar-refractivity contribution in [3.8, 4) is 0 Å². The summed E-state index contributed by atoms with van der Waals surface area (Å²) in [5, 5.41) is 0.375. The number of rotatable bonds is 8. The average molecular weight is 430 g/mol. The molecule has 0 bridgehead atoms. The first-order chi connectivity index (χ1) is 12.6. The van der Waals surface area contributed by atoms with Crippen molar-refractivity contribution >= 4 is 31.6 Å². The molecule has 148 valence electrons. The number of hydrogen-bond donors (Lipinski definition) is 0. The lowest BCUT2D eigenvalue weighted by Crippen LogP contribution is -2.37. The molecule has 5 nitrogen and oxygen atoms in total. The zero-order valence-electron chi connectivity index (χ0n) is 15.6. The molecule has 0 aliphatic carbocycles. The second kappa shape index (κ2) is 8.73. The lowest BCUT2D eigenvalue weighted by molar-refractivity contribution is 0.495. The molecule has 0 heterocycles. The van der Waals surface area contributed by atoms with Crippen molar-refractivity contribution in [1.82, 2.24) is 3.71 Å². The summed E-state index contributed by atoms with van der Waals surface area (Å²) in [6.07, 6.45) is 1.29. The minimum Gasteiger partial charge on any atom is -0.206 e. The van der Waals surface area contributed by atoms with E-state index in [1.54, 1.807) is 19.1 Å². The smallest absolute Gasteiger partial charge is 0.206 e. The van der Waals surface area contributed by atoms with Gasteiger partial charge in [0.1, 0.15) is 0 Å². The molecule has 8 heteroatoms. The maximum absolute atomic E-state index is 13.1. The van der Waals surface area contributed by atoms with E-state index in [0.29, 0.717) is 21.1 Å². The fraction of sp³-hybridized carbons (Fsp3) is 0.368. The van der Waals surface area contributed by atoms with E-state index in [4.69, 9.17) is 11.6 Å². The molecule has 0 fully saturated rings. The van der Waals surface area contributed by atoms with Crippen molar-refractivity contribution in [1.29, 1.82) is 0 Å². The Bertz CT molecular complexity index is 969. The molecule has 2 aromatic carbocycles. The molecule has 0 aromatic heterocycles. The third kappa shape index (κ3) is 4.71. The van der Waals surface area contributed by atoms with Crippen LogP contribution in [0.3, 0.4) is 0 Å². The highest BCUT2D eigenvalue weighted by atomic mass is 35.5. The van der Waals surface area contributed by atoms with Crippen molar-refractivity contribution in [2.75, 3.05) is 6.54 Å². The van der Waals surface area contributed by atoms with Crippen LogP contribution in [0.1, 0.15) is 45.1 Å². The highest BCUT2D eigenvalue weighted by Gasteiger charge is 2.35. The largest absolute Gasteiger partial charge is 0.256 e. The van der Waals surface area contributed by atoms with Crippen molar-refractivity contribution in [3.05, 3.63) is 59.1 Å². The predicted molar refractivity (Wildman–Crippen MR) is 108 cm³/mol. The van der Waals surface area contributed by atoms with Gasteiger partial charge in [0.15, 0.2) is 0 Å². The van der Waals surface area contributed by atoms with Gasteiger partial charge in [-0.05, 0) is 60.7 Å². The van der Waals surface area contributed by atoms with Crippen LogP contribution in [-0.4, -0.2) is 27.1 Å². The van der Waals surface area contributed by atoms with Crippen molar-refractivity contribution in [2.45, 2.75) is 49.3 Å². The third-order valence-corrected chi connectivity index (χ3v) is 9.02.